The second-order valence-electron chi connectivity index (χ2n) is 5.03. The van der Waals surface area contributed by atoms with Gasteiger partial charge in [0.1, 0.15) is 0 Å². The lowest BCUT2D eigenvalue weighted by molar-refractivity contribution is -0.123. The van der Waals surface area contributed by atoms with E-state index < -0.39 is 0 Å². The molecule has 0 bridgehead atoms. The van der Waals surface area contributed by atoms with Gasteiger partial charge >= 0.3 is 0 Å². The highest BCUT2D eigenvalue weighted by Gasteiger charge is 2.28. The zero-order valence-electron chi connectivity index (χ0n) is 11.8. The number of aryl methyl sites for hydroxylation is 1. The Hall–Kier alpha value is -1.43. The molecule has 0 unspecified atom stereocenters. The van der Waals surface area contributed by atoms with Crippen molar-refractivity contribution in [1.29, 1.82) is 0 Å². The quantitative estimate of drug-likeness (QED) is 0.716. The zero-order valence-corrected chi connectivity index (χ0v) is 12.6. The molecule has 0 aromatic carbocycles. The molecular formula is C14H21N3O2S. The first-order valence-corrected chi connectivity index (χ1v) is 8.04. The highest BCUT2D eigenvalue weighted by Crippen LogP contribution is 2.28. The van der Waals surface area contributed by atoms with Gasteiger partial charge in [0.25, 0.3) is 0 Å². The third-order valence-corrected chi connectivity index (χ3v) is 4.24. The Kier molecular flexibility index (Phi) is 5.52. The van der Waals surface area contributed by atoms with Gasteiger partial charge in [-0.15, -0.1) is 11.3 Å². The van der Waals surface area contributed by atoms with Gasteiger partial charge in [-0.3, -0.25) is 9.59 Å². The summed E-state index contributed by atoms with van der Waals surface area (Å²) in [5, 5.41) is 8.78. The molecule has 20 heavy (non-hydrogen) atoms. The maximum atomic E-state index is 11.6. The van der Waals surface area contributed by atoms with E-state index in [1.54, 1.807) is 11.3 Å². The van der Waals surface area contributed by atoms with E-state index in [0.29, 0.717) is 25.9 Å². The molecule has 2 amide bonds. The van der Waals surface area contributed by atoms with Crippen LogP contribution in [0.4, 0.5) is 0 Å². The molecule has 0 aliphatic heterocycles. The van der Waals surface area contributed by atoms with Crippen molar-refractivity contribution in [3.8, 4) is 0 Å². The van der Waals surface area contributed by atoms with Gasteiger partial charge in [-0.05, 0) is 25.7 Å². The van der Waals surface area contributed by atoms with Crippen molar-refractivity contribution >= 4 is 23.2 Å². The smallest absolute Gasteiger partial charge is 0.223 e. The lowest BCUT2D eigenvalue weighted by atomic mass is 10.3. The lowest BCUT2D eigenvalue weighted by Crippen LogP contribution is -2.28. The van der Waals surface area contributed by atoms with Gasteiger partial charge < -0.3 is 10.6 Å². The third kappa shape index (κ3) is 4.92. The molecule has 1 aromatic heterocycles. The molecule has 1 fully saturated rings. The number of amides is 2. The van der Waals surface area contributed by atoms with Crippen LogP contribution >= 0.6 is 11.3 Å². The standard InChI is InChI=1S/C14H21N3O2S/c1-2-13-17-11(9-20-13)8-16-12(18)4-3-7-15-14(19)10-5-6-10/h9-10H,2-8H2,1H3,(H,15,19)(H,16,18). The van der Waals surface area contributed by atoms with E-state index in [0.717, 1.165) is 30.0 Å². The number of thiazole rings is 1. The van der Waals surface area contributed by atoms with Crippen LogP contribution in [0.25, 0.3) is 0 Å². The molecule has 1 aliphatic carbocycles. The Morgan fingerprint density at radius 3 is 2.85 bits per heavy atom. The Bertz CT molecular complexity index is 469. The SMILES string of the molecule is CCc1nc(CNC(=O)CCCNC(=O)C2CC2)cs1. The zero-order chi connectivity index (χ0) is 14.4. The van der Waals surface area contributed by atoms with Crippen LogP contribution in [0.5, 0.6) is 0 Å². The molecule has 0 atom stereocenters. The molecule has 0 spiro atoms. The fourth-order valence-corrected chi connectivity index (χ4v) is 2.57. The van der Waals surface area contributed by atoms with Gasteiger partial charge in [0.2, 0.25) is 11.8 Å². The highest BCUT2D eigenvalue weighted by atomic mass is 32.1. The van der Waals surface area contributed by atoms with Gasteiger partial charge in [0, 0.05) is 24.3 Å². The maximum absolute atomic E-state index is 11.6. The van der Waals surface area contributed by atoms with E-state index >= 15 is 0 Å². The summed E-state index contributed by atoms with van der Waals surface area (Å²) < 4.78 is 0. The molecular weight excluding hydrogens is 274 g/mol. The minimum atomic E-state index is 0.0109. The van der Waals surface area contributed by atoms with E-state index in [1.807, 2.05) is 5.38 Å². The third-order valence-electron chi connectivity index (χ3n) is 3.20. The molecule has 2 N–H and O–H groups in total. The molecule has 0 saturated heterocycles. The first-order valence-electron chi connectivity index (χ1n) is 7.16. The number of hydrogen-bond acceptors (Lipinski definition) is 4. The van der Waals surface area contributed by atoms with Crippen LogP contribution in [0.1, 0.15) is 43.3 Å². The number of aromatic nitrogens is 1. The number of nitrogens with one attached hydrogen (secondary N) is 2. The summed E-state index contributed by atoms with van der Waals surface area (Å²) in [5.74, 6) is 0.387. The number of hydrogen-bond donors (Lipinski definition) is 2. The molecule has 110 valence electrons. The van der Waals surface area contributed by atoms with Crippen molar-refractivity contribution in [1.82, 2.24) is 15.6 Å². The Balaban J connectivity index is 1.54. The minimum Gasteiger partial charge on any atom is -0.356 e. The van der Waals surface area contributed by atoms with Crippen molar-refractivity contribution < 1.29 is 9.59 Å². The fourth-order valence-electron chi connectivity index (χ4n) is 1.82. The van der Waals surface area contributed by atoms with Gasteiger partial charge in [-0.1, -0.05) is 6.92 Å². The summed E-state index contributed by atoms with van der Waals surface area (Å²) in [7, 11) is 0. The maximum Gasteiger partial charge on any atom is 0.223 e. The Labute approximate surface area is 123 Å². The highest BCUT2D eigenvalue weighted by molar-refractivity contribution is 7.09. The van der Waals surface area contributed by atoms with E-state index in [4.69, 9.17) is 0 Å². The fraction of sp³-hybridized carbons (Fsp3) is 0.643. The topological polar surface area (TPSA) is 71.1 Å². The van der Waals surface area contributed by atoms with Crippen molar-refractivity contribution in [3.63, 3.8) is 0 Å². The summed E-state index contributed by atoms with van der Waals surface area (Å²) in [6, 6.07) is 0. The van der Waals surface area contributed by atoms with E-state index in [1.165, 1.54) is 0 Å². The van der Waals surface area contributed by atoms with Crippen molar-refractivity contribution in [3.05, 3.63) is 16.1 Å². The van der Waals surface area contributed by atoms with Crippen LogP contribution in [0, 0.1) is 5.92 Å². The summed E-state index contributed by atoms with van der Waals surface area (Å²) in [6.07, 6.45) is 4.08. The number of rotatable bonds is 8. The molecule has 1 aromatic rings. The molecule has 1 aliphatic rings. The van der Waals surface area contributed by atoms with Crippen molar-refractivity contribution in [2.75, 3.05) is 6.54 Å². The minimum absolute atomic E-state index is 0.0109. The Morgan fingerprint density at radius 2 is 2.20 bits per heavy atom. The summed E-state index contributed by atoms with van der Waals surface area (Å²) in [6.45, 7) is 3.14. The number of nitrogens with zero attached hydrogens (tertiary/aromatic N) is 1. The molecule has 1 saturated carbocycles. The second kappa shape index (κ2) is 7.38. The summed E-state index contributed by atoms with van der Waals surface area (Å²) in [5.41, 5.74) is 0.919. The second-order valence-corrected chi connectivity index (χ2v) is 5.97. The molecule has 1 heterocycles. The van der Waals surface area contributed by atoms with Crippen LogP contribution in [0.3, 0.4) is 0 Å². The van der Waals surface area contributed by atoms with Crippen LogP contribution in [0.15, 0.2) is 5.38 Å². The predicted molar refractivity (Wildman–Crippen MR) is 78.3 cm³/mol. The first kappa shape index (κ1) is 15.0. The summed E-state index contributed by atoms with van der Waals surface area (Å²) >= 11 is 1.62. The summed E-state index contributed by atoms with van der Waals surface area (Å²) in [4.78, 5) is 27.4. The predicted octanol–water partition coefficient (Wildman–Crippen LogP) is 1.63. The van der Waals surface area contributed by atoms with Gasteiger partial charge in [-0.2, -0.15) is 0 Å². The van der Waals surface area contributed by atoms with Crippen molar-refractivity contribution in [2.45, 2.75) is 45.6 Å². The average Bonchev–Trinajstić information content (AvgIpc) is 3.20. The molecule has 6 heteroatoms. The van der Waals surface area contributed by atoms with Crippen LogP contribution < -0.4 is 10.6 Å². The monoisotopic (exact) mass is 295 g/mol. The molecule has 2 rings (SSSR count). The Morgan fingerprint density at radius 1 is 1.40 bits per heavy atom. The van der Waals surface area contributed by atoms with E-state index in [9.17, 15) is 9.59 Å². The normalized spacial score (nSPS) is 14.1. The van der Waals surface area contributed by atoms with Crippen LogP contribution in [0.2, 0.25) is 0 Å². The molecule has 0 radical (unpaired) electrons. The molecule has 5 nitrogen and oxygen atoms in total. The largest absolute Gasteiger partial charge is 0.356 e. The van der Waals surface area contributed by atoms with Crippen LogP contribution in [-0.4, -0.2) is 23.3 Å². The van der Waals surface area contributed by atoms with Gasteiger partial charge in [-0.25, -0.2) is 4.98 Å². The van der Waals surface area contributed by atoms with Gasteiger partial charge in [0.15, 0.2) is 0 Å². The van der Waals surface area contributed by atoms with Crippen LogP contribution in [-0.2, 0) is 22.6 Å². The number of carbonyl (C=O) groups excluding carboxylic acids is 2. The first-order chi connectivity index (χ1) is 9.69. The lowest BCUT2D eigenvalue weighted by Gasteiger charge is -2.05. The average molecular weight is 295 g/mol. The van der Waals surface area contributed by atoms with E-state index in [-0.39, 0.29) is 17.7 Å². The number of carbonyl (C=O) groups is 2. The van der Waals surface area contributed by atoms with Gasteiger partial charge in [0.05, 0.1) is 17.2 Å². The van der Waals surface area contributed by atoms with E-state index in [2.05, 4.69) is 22.5 Å². The van der Waals surface area contributed by atoms with Crippen molar-refractivity contribution in [2.24, 2.45) is 5.92 Å².